The van der Waals surface area contributed by atoms with Gasteiger partial charge in [0.05, 0.1) is 33.3 Å². The number of benzene rings is 1. The van der Waals surface area contributed by atoms with Crippen molar-refractivity contribution in [1.82, 2.24) is 14.8 Å². The first-order valence-electron chi connectivity index (χ1n) is 8.91. The van der Waals surface area contributed by atoms with Crippen molar-refractivity contribution in [2.75, 3.05) is 32.9 Å². The Kier molecular flexibility index (Phi) is 4.92. The fourth-order valence-electron chi connectivity index (χ4n) is 3.85. The van der Waals surface area contributed by atoms with Crippen LogP contribution in [-0.4, -0.2) is 48.1 Å². The zero-order valence-electron chi connectivity index (χ0n) is 16.2. The van der Waals surface area contributed by atoms with E-state index >= 15 is 0 Å². The number of methoxy groups -OCH3 is 3. The third-order valence-corrected chi connectivity index (χ3v) is 5.63. The van der Waals surface area contributed by atoms with E-state index in [1.54, 1.807) is 26.0 Å². The van der Waals surface area contributed by atoms with E-state index in [-0.39, 0.29) is 17.7 Å². The lowest BCUT2D eigenvalue weighted by Crippen LogP contribution is -2.38. The molecule has 0 saturated carbocycles. The topological polar surface area (TPSA) is 87.5 Å². The highest BCUT2D eigenvalue weighted by Crippen LogP contribution is 2.46. The van der Waals surface area contributed by atoms with Crippen molar-refractivity contribution in [3.05, 3.63) is 29.5 Å². The van der Waals surface area contributed by atoms with Crippen LogP contribution < -0.4 is 19.5 Å². The Morgan fingerprint density at radius 2 is 1.89 bits per heavy atom. The van der Waals surface area contributed by atoms with Gasteiger partial charge in [-0.15, -0.1) is 5.10 Å². The standard InChI is InChI=1S/C19H22N4O4S/c1-25-13-8-10(9-14(26-2)17(13)27-3)16-15-11(6-5-7-12(15)24)20-18-21-19(28-4)22-23(16)18/h6,8-9,15-16H,5,7H2,1-4H3,(H,20,21,22)/t15-,16-/m1/s1. The summed E-state index contributed by atoms with van der Waals surface area (Å²) in [4.78, 5) is 17.4. The molecule has 1 aliphatic heterocycles. The lowest BCUT2D eigenvalue weighted by molar-refractivity contribution is -0.123. The average molecular weight is 402 g/mol. The molecule has 1 aromatic carbocycles. The molecule has 0 amide bonds. The van der Waals surface area contributed by atoms with Gasteiger partial charge in [-0.25, -0.2) is 4.68 Å². The molecule has 2 heterocycles. The first-order chi connectivity index (χ1) is 13.6. The van der Waals surface area contributed by atoms with Crippen LogP contribution in [-0.2, 0) is 4.79 Å². The molecule has 28 heavy (non-hydrogen) atoms. The summed E-state index contributed by atoms with van der Waals surface area (Å²) in [7, 11) is 4.72. The van der Waals surface area contributed by atoms with Crippen molar-refractivity contribution in [3.8, 4) is 17.2 Å². The molecule has 8 nitrogen and oxygen atoms in total. The maximum atomic E-state index is 12.9. The molecule has 0 bridgehead atoms. The maximum absolute atomic E-state index is 12.9. The molecule has 2 aliphatic rings. The summed E-state index contributed by atoms with van der Waals surface area (Å²) in [6, 6.07) is 3.40. The van der Waals surface area contributed by atoms with Crippen LogP contribution >= 0.6 is 11.8 Å². The van der Waals surface area contributed by atoms with Gasteiger partial charge >= 0.3 is 0 Å². The summed E-state index contributed by atoms with van der Waals surface area (Å²) in [5, 5.41) is 8.56. The van der Waals surface area contributed by atoms with Crippen molar-refractivity contribution in [3.63, 3.8) is 0 Å². The zero-order chi connectivity index (χ0) is 19.8. The Morgan fingerprint density at radius 3 is 2.50 bits per heavy atom. The predicted octanol–water partition coefficient (Wildman–Crippen LogP) is 2.90. The number of anilines is 1. The number of rotatable bonds is 5. The summed E-state index contributed by atoms with van der Waals surface area (Å²) in [5.74, 6) is 2.03. The largest absolute Gasteiger partial charge is 0.493 e. The van der Waals surface area contributed by atoms with Crippen LogP contribution in [0.2, 0.25) is 0 Å². The third kappa shape index (κ3) is 2.90. The van der Waals surface area contributed by atoms with Gasteiger partial charge in [-0.2, -0.15) is 4.98 Å². The van der Waals surface area contributed by atoms with Crippen LogP contribution in [0.5, 0.6) is 17.2 Å². The Labute approximate surface area is 167 Å². The van der Waals surface area contributed by atoms with Gasteiger partial charge in [-0.3, -0.25) is 4.79 Å². The van der Waals surface area contributed by atoms with E-state index in [1.807, 2.05) is 18.4 Å². The molecular weight excluding hydrogens is 380 g/mol. The first kappa shape index (κ1) is 18.7. The number of aromatic nitrogens is 3. The van der Waals surface area contributed by atoms with Gasteiger partial charge in [0, 0.05) is 12.1 Å². The number of ether oxygens (including phenoxy) is 3. The number of carbonyl (C=O) groups excluding carboxylic acids is 1. The van der Waals surface area contributed by atoms with Gasteiger partial charge in [0.1, 0.15) is 5.78 Å². The second-order valence-electron chi connectivity index (χ2n) is 6.54. The van der Waals surface area contributed by atoms with Gasteiger partial charge in [0.25, 0.3) is 0 Å². The molecule has 148 valence electrons. The van der Waals surface area contributed by atoms with Crippen LogP contribution in [0, 0.1) is 5.92 Å². The predicted molar refractivity (Wildman–Crippen MR) is 105 cm³/mol. The molecule has 0 unspecified atom stereocenters. The number of nitrogens with one attached hydrogen (secondary N) is 1. The summed E-state index contributed by atoms with van der Waals surface area (Å²) < 4.78 is 18.3. The number of nitrogens with zero attached hydrogens (tertiary/aromatic N) is 3. The summed E-state index contributed by atoms with van der Waals surface area (Å²) in [5.41, 5.74) is 1.73. The van der Waals surface area contributed by atoms with Gasteiger partial charge in [0.15, 0.2) is 11.5 Å². The number of hydrogen-bond acceptors (Lipinski definition) is 8. The lowest BCUT2D eigenvalue weighted by Gasteiger charge is -2.36. The van der Waals surface area contributed by atoms with Crippen LogP contribution in [0.15, 0.2) is 29.1 Å². The van der Waals surface area contributed by atoms with Gasteiger partial charge < -0.3 is 19.5 Å². The number of ketones is 1. The van der Waals surface area contributed by atoms with E-state index < -0.39 is 0 Å². The highest BCUT2D eigenvalue weighted by atomic mass is 32.2. The van der Waals surface area contributed by atoms with E-state index in [9.17, 15) is 4.79 Å². The van der Waals surface area contributed by atoms with Crippen molar-refractivity contribution in [2.24, 2.45) is 5.92 Å². The number of fused-ring (bicyclic) bond motifs is 2. The molecule has 1 aromatic heterocycles. The number of allylic oxidation sites excluding steroid dienone is 2. The van der Waals surface area contributed by atoms with E-state index in [4.69, 9.17) is 14.2 Å². The molecular formula is C19H22N4O4S. The van der Waals surface area contributed by atoms with E-state index in [0.717, 1.165) is 17.7 Å². The molecule has 4 rings (SSSR count). The minimum Gasteiger partial charge on any atom is -0.493 e. The van der Waals surface area contributed by atoms with Gasteiger partial charge in [0.2, 0.25) is 16.9 Å². The summed E-state index contributed by atoms with van der Waals surface area (Å²) in [6.07, 6.45) is 5.24. The van der Waals surface area contributed by atoms with Crippen LogP contribution in [0.3, 0.4) is 0 Å². The zero-order valence-corrected chi connectivity index (χ0v) is 17.0. The maximum Gasteiger partial charge on any atom is 0.227 e. The van der Waals surface area contributed by atoms with Crippen molar-refractivity contribution in [1.29, 1.82) is 0 Å². The molecule has 2 atom stereocenters. The van der Waals surface area contributed by atoms with Crippen LogP contribution in [0.4, 0.5) is 5.95 Å². The molecule has 0 fully saturated rings. The lowest BCUT2D eigenvalue weighted by atomic mass is 9.80. The average Bonchev–Trinajstić information content (AvgIpc) is 3.14. The number of Topliss-reactive ketones (excluding diaryl/α,β-unsaturated/α-hetero) is 1. The Hall–Kier alpha value is -2.68. The highest BCUT2D eigenvalue weighted by molar-refractivity contribution is 7.98. The second kappa shape index (κ2) is 7.38. The number of carbonyl (C=O) groups is 1. The SMILES string of the molecule is COc1cc([C@@H]2[C@H]3C(=O)CCC=C3Nc3nc(SC)nn32)cc(OC)c1OC. The first-order valence-corrected chi connectivity index (χ1v) is 10.1. The van der Waals surface area contributed by atoms with Crippen molar-refractivity contribution < 1.29 is 19.0 Å². The molecule has 1 N–H and O–H groups in total. The van der Waals surface area contributed by atoms with Crippen molar-refractivity contribution in [2.45, 2.75) is 24.0 Å². The minimum atomic E-state index is -0.361. The molecule has 0 radical (unpaired) electrons. The Balaban J connectivity index is 1.93. The summed E-state index contributed by atoms with van der Waals surface area (Å²) >= 11 is 1.46. The van der Waals surface area contributed by atoms with Crippen molar-refractivity contribution >= 4 is 23.5 Å². The fourth-order valence-corrected chi connectivity index (χ4v) is 4.19. The summed E-state index contributed by atoms with van der Waals surface area (Å²) in [6.45, 7) is 0. The Morgan fingerprint density at radius 1 is 1.18 bits per heavy atom. The third-order valence-electron chi connectivity index (χ3n) is 5.10. The molecule has 2 aromatic rings. The van der Waals surface area contributed by atoms with Gasteiger partial charge in [-0.05, 0) is 30.4 Å². The monoisotopic (exact) mass is 402 g/mol. The van der Waals surface area contributed by atoms with E-state index in [0.29, 0.717) is 34.8 Å². The quantitative estimate of drug-likeness (QED) is 0.764. The normalized spacial score (nSPS) is 20.6. The highest BCUT2D eigenvalue weighted by Gasteiger charge is 2.42. The molecule has 0 spiro atoms. The van der Waals surface area contributed by atoms with Gasteiger partial charge in [-0.1, -0.05) is 17.8 Å². The number of thioether (sulfide) groups is 1. The number of hydrogen-bond donors (Lipinski definition) is 1. The van der Waals surface area contributed by atoms with Crippen LogP contribution in [0.25, 0.3) is 0 Å². The minimum absolute atomic E-state index is 0.176. The molecule has 0 saturated heterocycles. The fraction of sp³-hybridized carbons (Fsp3) is 0.421. The second-order valence-corrected chi connectivity index (χ2v) is 7.31. The van der Waals surface area contributed by atoms with Crippen LogP contribution in [0.1, 0.15) is 24.4 Å². The Bertz CT molecular complexity index is 930. The van der Waals surface area contributed by atoms with E-state index in [2.05, 4.69) is 21.5 Å². The smallest absolute Gasteiger partial charge is 0.227 e. The molecule has 1 aliphatic carbocycles. The molecule has 9 heteroatoms. The van der Waals surface area contributed by atoms with E-state index in [1.165, 1.54) is 11.8 Å².